The monoisotopic (exact) mass is 529 g/mol. The molecule has 0 amide bonds. The minimum atomic E-state index is -0.387. The van der Waals surface area contributed by atoms with Crippen LogP contribution >= 0.6 is 12.2 Å². The van der Waals surface area contributed by atoms with E-state index in [0.717, 1.165) is 28.3 Å². The molecule has 0 unspecified atom stereocenters. The number of benzene rings is 2. The van der Waals surface area contributed by atoms with Crippen LogP contribution in [0, 0.1) is 24.0 Å². The van der Waals surface area contributed by atoms with E-state index in [4.69, 9.17) is 21.7 Å². The fraction of sp³-hybridized carbons (Fsp3) is 0.214. The first kappa shape index (κ1) is 25.2. The Morgan fingerprint density at radius 2 is 1.76 bits per heavy atom. The van der Waals surface area contributed by atoms with Gasteiger partial charge in [-0.2, -0.15) is 0 Å². The zero-order chi connectivity index (χ0) is 27.0. The molecule has 2 aromatic heterocycles. The summed E-state index contributed by atoms with van der Waals surface area (Å²) in [5.41, 5.74) is 4.82. The standard InChI is InChI=1S/C28H27N5O4S/c1-17-14-22(18(2)31(17)24-12-11-21(37-4)16-25(24)33(34)35)27-26(23-10-5-6-13-29-23)30-28(38)32(27)19-8-7-9-20(15-19)36-3/h5-16,26-27H,1-4H3,(H,30,38)/t26-,27-/m1/s1. The van der Waals surface area contributed by atoms with Crippen molar-refractivity contribution in [1.82, 2.24) is 14.9 Å². The number of hydrogen-bond acceptors (Lipinski definition) is 6. The molecule has 1 fully saturated rings. The first-order valence-electron chi connectivity index (χ1n) is 12.0. The van der Waals surface area contributed by atoms with E-state index in [1.54, 1.807) is 25.4 Å². The van der Waals surface area contributed by atoms with E-state index in [1.807, 2.05) is 60.9 Å². The summed E-state index contributed by atoms with van der Waals surface area (Å²) in [6.07, 6.45) is 1.76. The van der Waals surface area contributed by atoms with Gasteiger partial charge in [-0.25, -0.2) is 0 Å². The lowest BCUT2D eigenvalue weighted by Crippen LogP contribution is -2.29. The molecule has 1 aliphatic heterocycles. The van der Waals surface area contributed by atoms with E-state index in [1.165, 1.54) is 13.2 Å². The number of nitrogens with zero attached hydrogens (tertiary/aromatic N) is 4. The zero-order valence-electron chi connectivity index (χ0n) is 21.4. The molecule has 2 aromatic carbocycles. The number of pyridine rings is 1. The molecule has 2 atom stereocenters. The van der Waals surface area contributed by atoms with Gasteiger partial charge >= 0.3 is 0 Å². The van der Waals surface area contributed by atoms with E-state index in [-0.39, 0.29) is 22.7 Å². The van der Waals surface area contributed by atoms with E-state index < -0.39 is 0 Å². The number of nitrogens with one attached hydrogen (secondary N) is 1. The quantitative estimate of drug-likeness (QED) is 0.188. The summed E-state index contributed by atoms with van der Waals surface area (Å²) < 4.78 is 12.6. The van der Waals surface area contributed by atoms with Crippen LogP contribution in [-0.4, -0.2) is 33.8 Å². The third kappa shape index (κ3) is 4.32. The second-order valence-electron chi connectivity index (χ2n) is 8.97. The molecule has 1 saturated heterocycles. The van der Waals surface area contributed by atoms with Crippen molar-refractivity contribution < 1.29 is 14.4 Å². The van der Waals surface area contributed by atoms with Crippen LogP contribution in [0.1, 0.15) is 34.7 Å². The SMILES string of the molecule is COc1cccc(N2C(=S)N[C@H](c3ccccn3)[C@H]2c2cc(C)n(-c3ccc(OC)cc3[N+](=O)[O-])c2C)c1. The molecule has 4 aromatic rings. The molecular weight excluding hydrogens is 502 g/mol. The normalized spacial score (nSPS) is 16.8. The summed E-state index contributed by atoms with van der Waals surface area (Å²) in [5.74, 6) is 1.14. The maximum Gasteiger partial charge on any atom is 0.296 e. The third-order valence-corrected chi connectivity index (χ3v) is 7.15. The van der Waals surface area contributed by atoms with Crippen LogP contribution in [0.3, 0.4) is 0 Å². The molecule has 1 aliphatic rings. The van der Waals surface area contributed by atoms with Crippen molar-refractivity contribution in [3.05, 3.63) is 106 Å². The lowest BCUT2D eigenvalue weighted by atomic mass is 9.96. The number of hydrogen-bond donors (Lipinski definition) is 1. The summed E-state index contributed by atoms with van der Waals surface area (Å²) in [5, 5.41) is 16.0. The van der Waals surface area contributed by atoms with Gasteiger partial charge in [-0.05, 0) is 74.1 Å². The number of nitro benzene ring substituents is 1. The van der Waals surface area contributed by atoms with Gasteiger partial charge < -0.3 is 24.3 Å². The van der Waals surface area contributed by atoms with Gasteiger partial charge in [0.05, 0.1) is 43.0 Å². The number of nitro groups is 1. The first-order valence-corrected chi connectivity index (χ1v) is 12.4. The van der Waals surface area contributed by atoms with Crippen LogP contribution in [0.4, 0.5) is 11.4 Å². The van der Waals surface area contributed by atoms with Gasteiger partial charge in [-0.15, -0.1) is 0 Å². The summed E-state index contributed by atoms with van der Waals surface area (Å²) in [6, 6.07) is 19.9. The summed E-state index contributed by atoms with van der Waals surface area (Å²) in [7, 11) is 3.12. The maximum absolute atomic E-state index is 12.0. The number of aryl methyl sites for hydroxylation is 1. The minimum absolute atomic E-state index is 0.0382. The number of aromatic nitrogens is 2. The minimum Gasteiger partial charge on any atom is -0.497 e. The lowest BCUT2D eigenvalue weighted by Gasteiger charge is -2.28. The molecular formula is C28H27N5O4S. The highest BCUT2D eigenvalue weighted by Gasteiger charge is 2.42. The highest BCUT2D eigenvalue weighted by molar-refractivity contribution is 7.80. The van der Waals surface area contributed by atoms with Crippen LogP contribution < -0.4 is 19.7 Å². The van der Waals surface area contributed by atoms with Crippen molar-refractivity contribution in [2.45, 2.75) is 25.9 Å². The molecule has 0 radical (unpaired) electrons. The number of rotatable bonds is 7. The Kier molecular flexibility index (Phi) is 6.73. The molecule has 10 heteroatoms. The maximum atomic E-state index is 12.0. The second kappa shape index (κ2) is 10.1. The average Bonchev–Trinajstić information content (AvgIpc) is 3.43. The Bertz CT molecular complexity index is 1520. The van der Waals surface area contributed by atoms with Crippen molar-refractivity contribution in [3.8, 4) is 17.2 Å². The van der Waals surface area contributed by atoms with E-state index in [9.17, 15) is 10.1 Å². The lowest BCUT2D eigenvalue weighted by molar-refractivity contribution is -0.384. The molecule has 194 valence electrons. The Balaban J connectivity index is 1.70. The van der Waals surface area contributed by atoms with Crippen LogP contribution in [0.5, 0.6) is 11.5 Å². The first-order chi connectivity index (χ1) is 18.3. The van der Waals surface area contributed by atoms with Gasteiger partial charge in [0.25, 0.3) is 5.69 Å². The molecule has 5 rings (SSSR count). The Morgan fingerprint density at radius 3 is 2.45 bits per heavy atom. The Hall–Kier alpha value is -4.44. The van der Waals surface area contributed by atoms with Crippen molar-refractivity contribution in [1.29, 1.82) is 0 Å². The predicted octanol–water partition coefficient (Wildman–Crippen LogP) is 5.59. The van der Waals surface area contributed by atoms with Gasteiger partial charge in [-0.3, -0.25) is 15.1 Å². The van der Waals surface area contributed by atoms with Crippen molar-refractivity contribution in [3.63, 3.8) is 0 Å². The number of methoxy groups -OCH3 is 2. The summed E-state index contributed by atoms with van der Waals surface area (Å²) >= 11 is 5.85. The van der Waals surface area contributed by atoms with Crippen molar-refractivity contribution in [2.75, 3.05) is 19.1 Å². The second-order valence-corrected chi connectivity index (χ2v) is 9.36. The highest BCUT2D eigenvalue weighted by Crippen LogP contribution is 2.44. The van der Waals surface area contributed by atoms with Gasteiger partial charge in [0.1, 0.15) is 17.2 Å². The number of anilines is 1. The summed E-state index contributed by atoms with van der Waals surface area (Å²) in [6.45, 7) is 3.91. The van der Waals surface area contributed by atoms with E-state index in [2.05, 4.69) is 21.3 Å². The molecule has 1 N–H and O–H groups in total. The van der Waals surface area contributed by atoms with Gasteiger partial charge in [-0.1, -0.05) is 12.1 Å². The molecule has 38 heavy (non-hydrogen) atoms. The zero-order valence-corrected chi connectivity index (χ0v) is 22.2. The Morgan fingerprint density at radius 1 is 1.00 bits per heavy atom. The molecule has 0 bridgehead atoms. The van der Waals surface area contributed by atoms with Crippen LogP contribution in [0.2, 0.25) is 0 Å². The molecule has 0 saturated carbocycles. The third-order valence-electron chi connectivity index (χ3n) is 6.84. The predicted molar refractivity (Wildman–Crippen MR) is 149 cm³/mol. The van der Waals surface area contributed by atoms with Gasteiger partial charge in [0.15, 0.2) is 5.11 Å². The van der Waals surface area contributed by atoms with Crippen LogP contribution in [0.25, 0.3) is 5.69 Å². The summed E-state index contributed by atoms with van der Waals surface area (Å²) in [4.78, 5) is 18.3. The topological polar surface area (TPSA) is 94.7 Å². The number of thiocarbonyl (C=S) groups is 1. The molecule has 0 spiro atoms. The van der Waals surface area contributed by atoms with Gasteiger partial charge in [0.2, 0.25) is 0 Å². The largest absolute Gasteiger partial charge is 0.497 e. The van der Waals surface area contributed by atoms with E-state index in [0.29, 0.717) is 22.3 Å². The van der Waals surface area contributed by atoms with Gasteiger partial charge in [0, 0.05) is 29.3 Å². The van der Waals surface area contributed by atoms with Crippen LogP contribution in [-0.2, 0) is 0 Å². The smallest absolute Gasteiger partial charge is 0.296 e. The molecule has 9 nitrogen and oxygen atoms in total. The molecule has 3 heterocycles. The average molecular weight is 530 g/mol. The highest BCUT2D eigenvalue weighted by atomic mass is 32.1. The molecule has 0 aliphatic carbocycles. The fourth-order valence-electron chi connectivity index (χ4n) is 5.13. The van der Waals surface area contributed by atoms with Crippen molar-refractivity contribution in [2.24, 2.45) is 0 Å². The fourth-order valence-corrected chi connectivity index (χ4v) is 5.48. The van der Waals surface area contributed by atoms with E-state index >= 15 is 0 Å². The van der Waals surface area contributed by atoms with Crippen LogP contribution in [0.15, 0.2) is 72.9 Å². The van der Waals surface area contributed by atoms with Crippen molar-refractivity contribution >= 4 is 28.7 Å². The Labute approximate surface area is 225 Å². The number of ether oxygens (including phenoxy) is 2.